The summed E-state index contributed by atoms with van der Waals surface area (Å²) in [6.07, 6.45) is 4.74. The summed E-state index contributed by atoms with van der Waals surface area (Å²) in [5, 5.41) is 8.44. The first kappa shape index (κ1) is 22.3. The van der Waals surface area contributed by atoms with Gasteiger partial charge in [-0.15, -0.1) is 10.2 Å². The van der Waals surface area contributed by atoms with E-state index in [2.05, 4.69) is 67.2 Å². The first-order valence-corrected chi connectivity index (χ1v) is 8.86. The highest BCUT2D eigenvalue weighted by molar-refractivity contribution is 5.52. The zero-order valence-corrected chi connectivity index (χ0v) is 18.3. The summed E-state index contributed by atoms with van der Waals surface area (Å²) in [5.41, 5.74) is 2.06. The van der Waals surface area contributed by atoms with Crippen molar-refractivity contribution in [3.05, 3.63) is 36.7 Å². The molecule has 0 amide bonds. The molecule has 1 aromatic heterocycles. The number of aryl methyl sites for hydroxylation is 1. The van der Waals surface area contributed by atoms with Crippen molar-refractivity contribution in [1.29, 1.82) is 0 Å². The Morgan fingerprint density at radius 2 is 1.81 bits per heavy atom. The Hall–Kier alpha value is -1.73. The topological polar surface area (TPSA) is 45.8 Å². The molecule has 1 atom stereocenters. The lowest BCUT2D eigenvalue weighted by Gasteiger charge is -2.33. The molecule has 0 aliphatic carbocycles. The molecule has 0 bridgehead atoms. The van der Waals surface area contributed by atoms with E-state index in [1.54, 1.807) is 6.20 Å². The highest BCUT2D eigenvalue weighted by Gasteiger charge is 2.19. The van der Waals surface area contributed by atoms with E-state index in [4.69, 9.17) is 0 Å². The monoisotopic (exact) mass is 422 g/mol. The summed E-state index contributed by atoms with van der Waals surface area (Å²) in [7, 11) is 8.66. The van der Waals surface area contributed by atoms with Crippen LogP contribution in [0.25, 0.3) is 0 Å². The minimum Gasteiger partial charge on any atom is -1.00 e. The van der Waals surface area contributed by atoms with Crippen LogP contribution in [-0.4, -0.2) is 54.3 Å². The molecule has 6 nitrogen and oxygen atoms in total. The van der Waals surface area contributed by atoms with E-state index in [0.717, 1.165) is 29.7 Å². The number of anilines is 1. The quantitative estimate of drug-likeness (QED) is 0.473. The number of hydrogen-bond acceptors (Lipinski definition) is 4. The Bertz CT molecular complexity index is 687. The van der Waals surface area contributed by atoms with Gasteiger partial charge >= 0.3 is 0 Å². The van der Waals surface area contributed by atoms with Crippen LogP contribution in [0.4, 0.5) is 17.3 Å². The molecule has 2 aromatic rings. The molecule has 1 heterocycles. The van der Waals surface area contributed by atoms with Crippen molar-refractivity contribution in [3.8, 4) is 0 Å². The third kappa shape index (κ3) is 6.21. The molecular weight excluding hydrogens is 392 g/mol. The van der Waals surface area contributed by atoms with Crippen LogP contribution in [0.1, 0.15) is 20.3 Å². The van der Waals surface area contributed by atoms with Crippen molar-refractivity contribution < 1.29 is 21.5 Å². The van der Waals surface area contributed by atoms with E-state index in [1.165, 1.54) is 5.69 Å². The molecule has 0 saturated heterocycles. The SMILES string of the molecule is CCN(CCC(C)[N+](C)(C)C)c1ccc(N=Nc2nccn2C)cc1.[Br-]. The molecule has 2 rings (SSSR count). The van der Waals surface area contributed by atoms with Gasteiger partial charge in [-0.2, -0.15) is 0 Å². The fraction of sp³-hybridized carbons (Fsp3) is 0.526. The molecule has 0 aliphatic heterocycles. The van der Waals surface area contributed by atoms with E-state index in [0.29, 0.717) is 12.0 Å². The van der Waals surface area contributed by atoms with Gasteiger partial charge in [0, 0.05) is 44.6 Å². The summed E-state index contributed by atoms with van der Waals surface area (Å²) in [6, 6.07) is 8.88. The molecular formula is C19H31BrN6. The largest absolute Gasteiger partial charge is 1.00 e. The van der Waals surface area contributed by atoms with Crippen molar-refractivity contribution in [2.24, 2.45) is 17.3 Å². The zero-order valence-electron chi connectivity index (χ0n) is 16.7. The number of quaternary nitrogens is 1. The molecule has 0 aliphatic rings. The molecule has 1 unspecified atom stereocenters. The predicted octanol–water partition coefficient (Wildman–Crippen LogP) is 1.15. The number of benzene rings is 1. The van der Waals surface area contributed by atoms with Gasteiger partial charge in [-0.3, -0.25) is 0 Å². The van der Waals surface area contributed by atoms with Crippen LogP contribution < -0.4 is 21.9 Å². The maximum Gasteiger partial charge on any atom is 0.249 e. The normalized spacial score (nSPS) is 12.8. The number of imidazole rings is 1. The van der Waals surface area contributed by atoms with Crippen LogP contribution in [0.15, 0.2) is 46.9 Å². The summed E-state index contributed by atoms with van der Waals surface area (Å²) in [4.78, 5) is 6.55. The summed E-state index contributed by atoms with van der Waals surface area (Å²) < 4.78 is 2.83. The molecule has 0 spiro atoms. The number of azo groups is 1. The van der Waals surface area contributed by atoms with Gasteiger partial charge in [0.1, 0.15) is 0 Å². The summed E-state index contributed by atoms with van der Waals surface area (Å²) in [5.74, 6) is 0.605. The number of hydrogen-bond donors (Lipinski definition) is 0. The Morgan fingerprint density at radius 3 is 2.31 bits per heavy atom. The van der Waals surface area contributed by atoms with Crippen LogP contribution in [-0.2, 0) is 7.05 Å². The minimum absolute atomic E-state index is 0. The third-order valence-corrected chi connectivity index (χ3v) is 4.79. The highest BCUT2D eigenvalue weighted by Crippen LogP contribution is 2.22. The number of halogens is 1. The standard InChI is InChI=1S/C19H31N6.BrH/c1-7-24(14-12-16(2)25(4,5)6)18-10-8-17(9-11-18)21-22-19-20-13-15-23(19)3;/h8-11,13,15-16H,7,12,14H2,1-6H3;1H/q+1;/p-1. The van der Waals surface area contributed by atoms with E-state index >= 15 is 0 Å². The first-order chi connectivity index (χ1) is 11.8. The Labute approximate surface area is 167 Å². The summed E-state index contributed by atoms with van der Waals surface area (Å²) >= 11 is 0. The first-order valence-electron chi connectivity index (χ1n) is 8.86. The zero-order chi connectivity index (χ0) is 18.4. The fourth-order valence-corrected chi connectivity index (χ4v) is 2.49. The van der Waals surface area contributed by atoms with Crippen molar-refractivity contribution >= 4 is 17.3 Å². The molecule has 144 valence electrons. The van der Waals surface area contributed by atoms with E-state index in [1.807, 2.05) is 29.9 Å². The lowest BCUT2D eigenvalue weighted by molar-refractivity contribution is -0.894. The molecule has 1 aromatic carbocycles. The second kappa shape index (κ2) is 9.83. The Balaban J connectivity index is 0.00000338. The third-order valence-electron chi connectivity index (χ3n) is 4.79. The van der Waals surface area contributed by atoms with Gasteiger partial charge in [-0.1, -0.05) is 0 Å². The van der Waals surface area contributed by atoms with Crippen molar-refractivity contribution in [1.82, 2.24) is 9.55 Å². The molecule has 0 radical (unpaired) electrons. The lowest BCUT2D eigenvalue weighted by Crippen LogP contribution is -3.00. The average molecular weight is 423 g/mol. The van der Waals surface area contributed by atoms with Gasteiger partial charge in [-0.05, 0) is 38.1 Å². The van der Waals surface area contributed by atoms with Crippen molar-refractivity contribution in [3.63, 3.8) is 0 Å². The van der Waals surface area contributed by atoms with Crippen LogP contribution >= 0.6 is 0 Å². The van der Waals surface area contributed by atoms with Crippen LogP contribution in [0.2, 0.25) is 0 Å². The number of rotatable bonds is 8. The molecule has 0 N–H and O–H groups in total. The van der Waals surface area contributed by atoms with Gasteiger partial charge in [-0.25, -0.2) is 4.98 Å². The van der Waals surface area contributed by atoms with Crippen molar-refractivity contribution in [2.75, 3.05) is 39.1 Å². The lowest BCUT2D eigenvalue weighted by atomic mass is 10.1. The van der Waals surface area contributed by atoms with Gasteiger partial charge in [0.05, 0.1) is 32.9 Å². The van der Waals surface area contributed by atoms with E-state index in [9.17, 15) is 0 Å². The smallest absolute Gasteiger partial charge is 0.249 e. The predicted molar refractivity (Wildman–Crippen MR) is 104 cm³/mol. The molecule has 0 fully saturated rings. The maximum atomic E-state index is 4.26. The molecule has 0 saturated carbocycles. The summed E-state index contributed by atoms with van der Waals surface area (Å²) in [6.45, 7) is 6.57. The van der Waals surface area contributed by atoms with Gasteiger partial charge in [0.15, 0.2) is 0 Å². The second-order valence-corrected chi connectivity index (χ2v) is 7.39. The van der Waals surface area contributed by atoms with Crippen molar-refractivity contribution in [2.45, 2.75) is 26.3 Å². The van der Waals surface area contributed by atoms with Gasteiger partial charge in [0.2, 0.25) is 5.95 Å². The minimum atomic E-state index is 0. The van der Waals surface area contributed by atoms with Gasteiger partial charge in [0.25, 0.3) is 0 Å². The molecule has 7 heteroatoms. The van der Waals surface area contributed by atoms with E-state index < -0.39 is 0 Å². The Kier molecular flexibility index (Phi) is 8.43. The van der Waals surface area contributed by atoms with E-state index in [-0.39, 0.29) is 17.0 Å². The highest BCUT2D eigenvalue weighted by atomic mass is 79.9. The second-order valence-electron chi connectivity index (χ2n) is 7.39. The molecule has 26 heavy (non-hydrogen) atoms. The van der Waals surface area contributed by atoms with Crippen LogP contribution in [0.3, 0.4) is 0 Å². The van der Waals surface area contributed by atoms with Crippen LogP contribution in [0.5, 0.6) is 0 Å². The number of aromatic nitrogens is 2. The maximum absolute atomic E-state index is 4.26. The van der Waals surface area contributed by atoms with Gasteiger partial charge < -0.3 is 30.9 Å². The van der Waals surface area contributed by atoms with Crippen LogP contribution in [0, 0.1) is 0 Å². The average Bonchev–Trinajstić information content (AvgIpc) is 2.98. The fourth-order valence-electron chi connectivity index (χ4n) is 2.49. The Morgan fingerprint density at radius 1 is 1.15 bits per heavy atom. The number of nitrogens with zero attached hydrogens (tertiary/aromatic N) is 6.